The topological polar surface area (TPSA) is 29.1 Å². The van der Waals surface area contributed by atoms with Crippen LogP contribution in [0.5, 0.6) is 0 Å². The van der Waals surface area contributed by atoms with Gasteiger partial charge in [0, 0.05) is 22.6 Å². The summed E-state index contributed by atoms with van der Waals surface area (Å²) in [6.07, 6.45) is 7.40. The van der Waals surface area contributed by atoms with E-state index in [9.17, 15) is 4.21 Å². The quantitative estimate of drug-likeness (QED) is 0.737. The molecule has 1 N–H and O–H groups in total. The first kappa shape index (κ1) is 17.2. The average Bonchev–Trinajstić information content (AvgIpc) is 2.38. The first-order valence-corrected chi connectivity index (χ1v) is 9.57. The van der Waals surface area contributed by atoms with Crippen LogP contribution in [0.4, 0.5) is 0 Å². The predicted molar refractivity (Wildman–Crippen MR) is 86.0 cm³/mol. The van der Waals surface area contributed by atoms with Gasteiger partial charge in [-0.05, 0) is 44.1 Å². The summed E-state index contributed by atoms with van der Waals surface area (Å²) in [7, 11) is -0.645. The molecule has 1 aliphatic rings. The zero-order chi connectivity index (χ0) is 14.3. The van der Waals surface area contributed by atoms with E-state index in [4.69, 9.17) is 0 Å². The maximum Gasteiger partial charge on any atom is 0.0503 e. The molecule has 4 atom stereocenters. The maximum atomic E-state index is 12.6. The van der Waals surface area contributed by atoms with Crippen LogP contribution in [0.15, 0.2) is 0 Å². The van der Waals surface area contributed by atoms with Gasteiger partial charge in [-0.2, -0.15) is 0 Å². The normalized spacial score (nSPS) is 29.6. The van der Waals surface area contributed by atoms with Crippen LogP contribution in [0.25, 0.3) is 0 Å². The van der Waals surface area contributed by atoms with E-state index in [2.05, 4.69) is 33.0 Å². The van der Waals surface area contributed by atoms with Crippen molar-refractivity contribution in [3.05, 3.63) is 0 Å². The predicted octanol–water partition coefficient (Wildman–Crippen LogP) is 3.73. The number of hydrogen-bond acceptors (Lipinski definition) is 2. The van der Waals surface area contributed by atoms with Gasteiger partial charge in [0.15, 0.2) is 0 Å². The summed E-state index contributed by atoms with van der Waals surface area (Å²) in [5.41, 5.74) is 0. The highest BCUT2D eigenvalue weighted by Gasteiger charge is 2.33. The molecule has 0 heterocycles. The lowest BCUT2D eigenvalue weighted by Crippen LogP contribution is -2.46. The Labute approximate surface area is 122 Å². The lowest BCUT2D eigenvalue weighted by Gasteiger charge is -2.36. The maximum absolute atomic E-state index is 12.6. The molecule has 1 saturated carbocycles. The molecule has 1 aliphatic carbocycles. The Morgan fingerprint density at radius 3 is 2.58 bits per heavy atom. The summed E-state index contributed by atoms with van der Waals surface area (Å²) in [6.45, 7) is 9.87. The van der Waals surface area contributed by atoms with E-state index in [1.165, 1.54) is 32.1 Å². The number of hydrogen-bond donors (Lipinski definition) is 1. The molecule has 0 saturated heterocycles. The van der Waals surface area contributed by atoms with Gasteiger partial charge in [-0.3, -0.25) is 4.21 Å². The van der Waals surface area contributed by atoms with Crippen LogP contribution < -0.4 is 5.32 Å². The summed E-state index contributed by atoms with van der Waals surface area (Å²) in [5.74, 6) is 2.37. The third-order valence-corrected chi connectivity index (χ3v) is 6.13. The molecule has 0 aliphatic heterocycles. The standard InChI is InChI=1S/C16H33NOS/c1-5-7-14-8-9-15(17-6-2)16(12-14)19(18)11-10-13(3)4/h13-17H,5-12H2,1-4H3. The molecule has 4 unspecified atom stereocenters. The van der Waals surface area contributed by atoms with Crippen molar-refractivity contribution in [3.8, 4) is 0 Å². The second-order valence-corrected chi connectivity index (χ2v) is 8.21. The van der Waals surface area contributed by atoms with Gasteiger partial charge in [0.2, 0.25) is 0 Å². The molecule has 0 radical (unpaired) electrons. The third kappa shape index (κ3) is 5.95. The zero-order valence-electron chi connectivity index (χ0n) is 13.3. The molecule has 3 heteroatoms. The second-order valence-electron chi connectivity index (χ2n) is 6.44. The van der Waals surface area contributed by atoms with Crippen LogP contribution in [0.1, 0.15) is 66.2 Å². The minimum Gasteiger partial charge on any atom is -0.313 e. The van der Waals surface area contributed by atoms with Gasteiger partial charge in [0.25, 0.3) is 0 Å². The minimum atomic E-state index is -0.645. The molecule has 0 aromatic carbocycles. The lowest BCUT2D eigenvalue weighted by molar-refractivity contribution is 0.286. The monoisotopic (exact) mass is 287 g/mol. The van der Waals surface area contributed by atoms with Crippen molar-refractivity contribution in [2.45, 2.75) is 77.5 Å². The van der Waals surface area contributed by atoms with Gasteiger partial charge < -0.3 is 5.32 Å². The van der Waals surface area contributed by atoms with Crippen LogP contribution in [0, 0.1) is 11.8 Å². The van der Waals surface area contributed by atoms with Crippen LogP contribution in [-0.4, -0.2) is 27.8 Å². The molecular weight excluding hydrogens is 254 g/mol. The molecule has 0 bridgehead atoms. The fourth-order valence-corrected chi connectivity index (χ4v) is 5.26. The van der Waals surface area contributed by atoms with Crippen LogP contribution >= 0.6 is 0 Å². The van der Waals surface area contributed by atoms with Crippen molar-refractivity contribution < 1.29 is 4.21 Å². The van der Waals surface area contributed by atoms with Crippen LogP contribution in [0.3, 0.4) is 0 Å². The average molecular weight is 288 g/mol. The molecule has 0 amide bonds. The molecule has 2 nitrogen and oxygen atoms in total. The van der Waals surface area contributed by atoms with Gasteiger partial charge in [-0.25, -0.2) is 0 Å². The summed E-state index contributed by atoms with van der Waals surface area (Å²) < 4.78 is 12.6. The van der Waals surface area contributed by atoms with E-state index in [1.54, 1.807) is 0 Å². The lowest BCUT2D eigenvalue weighted by atomic mass is 9.83. The Morgan fingerprint density at radius 2 is 2.00 bits per heavy atom. The Morgan fingerprint density at radius 1 is 1.26 bits per heavy atom. The molecular formula is C16H33NOS. The van der Waals surface area contributed by atoms with Gasteiger partial charge >= 0.3 is 0 Å². The molecule has 0 spiro atoms. The van der Waals surface area contributed by atoms with Crippen LogP contribution in [-0.2, 0) is 10.8 Å². The molecule has 114 valence electrons. The number of nitrogens with one attached hydrogen (secondary N) is 1. The smallest absolute Gasteiger partial charge is 0.0503 e. The van der Waals surface area contributed by atoms with Gasteiger partial charge in [0.05, 0.1) is 5.25 Å². The van der Waals surface area contributed by atoms with E-state index < -0.39 is 10.8 Å². The highest BCUT2D eigenvalue weighted by molar-refractivity contribution is 7.85. The zero-order valence-corrected chi connectivity index (χ0v) is 14.1. The second kappa shape index (κ2) is 9.12. The van der Waals surface area contributed by atoms with Crippen molar-refractivity contribution in [1.29, 1.82) is 0 Å². The Kier molecular flexibility index (Phi) is 8.24. The van der Waals surface area contributed by atoms with E-state index in [0.29, 0.717) is 17.2 Å². The molecule has 1 fully saturated rings. The van der Waals surface area contributed by atoms with E-state index >= 15 is 0 Å². The highest BCUT2D eigenvalue weighted by Crippen LogP contribution is 2.31. The van der Waals surface area contributed by atoms with E-state index in [-0.39, 0.29) is 0 Å². The fourth-order valence-electron chi connectivity index (χ4n) is 3.17. The van der Waals surface area contributed by atoms with Gasteiger partial charge in [0.1, 0.15) is 0 Å². The molecule has 19 heavy (non-hydrogen) atoms. The molecule has 1 rings (SSSR count). The summed E-state index contributed by atoms with van der Waals surface area (Å²) in [5, 5.41) is 3.97. The van der Waals surface area contributed by atoms with Crippen molar-refractivity contribution in [1.82, 2.24) is 5.32 Å². The Balaban J connectivity index is 2.57. The van der Waals surface area contributed by atoms with Crippen molar-refractivity contribution in [2.24, 2.45) is 11.8 Å². The van der Waals surface area contributed by atoms with E-state index in [0.717, 1.165) is 24.6 Å². The number of rotatable bonds is 8. The van der Waals surface area contributed by atoms with Gasteiger partial charge in [-0.1, -0.05) is 40.5 Å². The SMILES string of the molecule is CCCC1CCC(NCC)C(S(=O)CCC(C)C)C1. The summed E-state index contributed by atoms with van der Waals surface area (Å²) in [6, 6.07) is 0.492. The summed E-state index contributed by atoms with van der Waals surface area (Å²) in [4.78, 5) is 0. The van der Waals surface area contributed by atoms with Crippen molar-refractivity contribution in [3.63, 3.8) is 0 Å². The Hall–Kier alpha value is 0.110. The summed E-state index contributed by atoms with van der Waals surface area (Å²) >= 11 is 0. The van der Waals surface area contributed by atoms with Gasteiger partial charge in [-0.15, -0.1) is 0 Å². The van der Waals surface area contributed by atoms with E-state index in [1.807, 2.05) is 0 Å². The molecule has 0 aromatic heterocycles. The first-order valence-electron chi connectivity index (χ1n) is 8.19. The van der Waals surface area contributed by atoms with Crippen molar-refractivity contribution >= 4 is 10.8 Å². The first-order chi connectivity index (χ1) is 9.08. The molecule has 0 aromatic rings. The highest BCUT2D eigenvalue weighted by atomic mass is 32.2. The minimum absolute atomic E-state index is 0.393. The third-order valence-electron chi connectivity index (χ3n) is 4.30. The largest absolute Gasteiger partial charge is 0.313 e. The van der Waals surface area contributed by atoms with Crippen molar-refractivity contribution in [2.75, 3.05) is 12.3 Å². The fraction of sp³-hybridized carbons (Fsp3) is 1.00. The Bertz CT molecular complexity index is 267. The van der Waals surface area contributed by atoms with Crippen LogP contribution in [0.2, 0.25) is 0 Å².